The highest BCUT2D eigenvalue weighted by Gasteiger charge is 2.23. The molecule has 0 aromatic carbocycles. The fourth-order valence-electron chi connectivity index (χ4n) is 1.76. The lowest BCUT2D eigenvalue weighted by molar-refractivity contribution is -0.0268. The minimum Gasteiger partial charge on any atom is -0.379 e. The molecule has 1 rings (SSSR count). The van der Waals surface area contributed by atoms with Crippen molar-refractivity contribution in [2.75, 3.05) is 33.0 Å². The summed E-state index contributed by atoms with van der Waals surface area (Å²) >= 11 is 0. The Morgan fingerprint density at radius 1 is 1.12 bits per heavy atom. The summed E-state index contributed by atoms with van der Waals surface area (Å²) in [7, 11) is 0. The van der Waals surface area contributed by atoms with Crippen LogP contribution in [0.1, 0.15) is 32.6 Å². The highest BCUT2D eigenvalue weighted by atomic mass is 16.6. The van der Waals surface area contributed by atoms with Crippen molar-refractivity contribution in [2.24, 2.45) is 5.73 Å². The minimum absolute atomic E-state index is 0.240. The lowest BCUT2D eigenvalue weighted by Crippen LogP contribution is -2.23. The molecule has 0 amide bonds. The predicted molar refractivity (Wildman–Crippen MR) is 63.5 cm³/mol. The van der Waals surface area contributed by atoms with Gasteiger partial charge in [-0.15, -0.1) is 0 Å². The van der Waals surface area contributed by atoms with Gasteiger partial charge in [-0.3, -0.25) is 0 Å². The van der Waals surface area contributed by atoms with Crippen LogP contribution in [0.15, 0.2) is 0 Å². The van der Waals surface area contributed by atoms with Crippen LogP contribution in [0, 0.1) is 0 Å². The first kappa shape index (κ1) is 13.9. The van der Waals surface area contributed by atoms with Gasteiger partial charge in [-0.1, -0.05) is 13.3 Å². The molecule has 1 saturated heterocycles. The first-order valence-electron chi connectivity index (χ1n) is 6.37. The highest BCUT2D eigenvalue weighted by Crippen LogP contribution is 2.18. The van der Waals surface area contributed by atoms with Crippen LogP contribution >= 0.6 is 0 Å². The lowest BCUT2D eigenvalue weighted by atomic mass is 10.2. The molecule has 0 aromatic heterocycles. The molecular formula is C12H25NO3. The van der Waals surface area contributed by atoms with E-state index in [-0.39, 0.29) is 12.2 Å². The Morgan fingerprint density at radius 3 is 2.56 bits per heavy atom. The standard InChI is InChI=1S/C12H25NO3/c1-2-3-6-14-7-8-15-10-12-5-4-11(9-13)16-12/h11-12H,2-10,13H2,1H3. The molecule has 96 valence electrons. The molecule has 0 aliphatic carbocycles. The molecule has 1 aliphatic heterocycles. The minimum atomic E-state index is 0.240. The Kier molecular flexibility index (Phi) is 7.76. The molecule has 0 radical (unpaired) electrons. The van der Waals surface area contributed by atoms with Gasteiger partial charge < -0.3 is 19.9 Å². The summed E-state index contributed by atoms with van der Waals surface area (Å²) in [5.74, 6) is 0. The maximum atomic E-state index is 5.66. The number of nitrogens with two attached hydrogens (primary N) is 1. The van der Waals surface area contributed by atoms with Gasteiger partial charge in [-0.25, -0.2) is 0 Å². The molecule has 0 spiro atoms. The Morgan fingerprint density at radius 2 is 1.88 bits per heavy atom. The first-order chi connectivity index (χ1) is 7.86. The van der Waals surface area contributed by atoms with E-state index in [0.29, 0.717) is 26.4 Å². The molecule has 1 aliphatic rings. The molecule has 2 atom stereocenters. The molecule has 0 aromatic rings. The molecule has 2 unspecified atom stereocenters. The van der Waals surface area contributed by atoms with E-state index < -0.39 is 0 Å². The summed E-state index contributed by atoms with van der Waals surface area (Å²) < 4.78 is 16.6. The molecule has 1 heterocycles. The fraction of sp³-hybridized carbons (Fsp3) is 1.00. The average molecular weight is 231 g/mol. The SMILES string of the molecule is CCCCOCCOCC1CCC(CN)O1. The summed E-state index contributed by atoms with van der Waals surface area (Å²) in [5, 5.41) is 0. The Balaban J connectivity index is 1.84. The van der Waals surface area contributed by atoms with Crippen LogP contribution in [0.5, 0.6) is 0 Å². The Hall–Kier alpha value is -0.160. The van der Waals surface area contributed by atoms with Crippen molar-refractivity contribution in [1.29, 1.82) is 0 Å². The Labute approximate surface area is 98.4 Å². The zero-order valence-electron chi connectivity index (χ0n) is 10.3. The largest absolute Gasteiger partial charge is 0.379 e. The maximum Gasteiger partial charge on any atom is 0.0813 e. The third-order valence-corrected chi connectivity index (χ3v) is 2.78. The van der Waals surface area contributed by atoms with Crippen LogP contribution in [0.4, 0.5) is 0 Å². The van der Waals surface area contributed by atoms with E-state index in [0.717, 1.165) is 25.9 Å². The number of ether oxygens (including phenoxy) is 3. The third kappa shape index (κ3) is 5.80. The molecule has 0 bridgehead atoms. The highest BCUT2D eigenvalue weighted by molar-refractivity contribution is 4.73. The summed E-state index contributed by atoms with van der Waals surface area (Å²) in [6, 6.07) is 0. The van der Waals surface area contributed by atoms with Gasteiger partial charge in [0.2, 0.25) is 0 Å². The topological polar surface area (TPSA) is 53.7 Å². The smallest absolute Gasteiger partial charge is 0.0813 e. The van der Waals surface area contributed by atoms with Crippen LogP contribution in [0.3, 0.4) is 0 Å². The number of hydrogen-bond acceptors (Lipinski definition) is 4. The van der Waals surface area contributed by atoms with Crippen molar-refractivity contribution < 1.29 is 14.2 Å². The van der Waals surface area contributed by atoms with Gasteiger partial charge in [0, 0.05) is 13.2 Å². The molecule has 4 nitrogen and oxygen atoms in total. The van der Waals surface area contributed by atoms with Crippen molar-refractivity contribution in [3.8, 4) is 0 Å². The monoisotopic (exact) mass is 231 g/mol. The second kappa shape index (κ2) is 8.93. The molecule has 2 N–H and O–H groups in total. The van der Waals surface area contributed by atoms with Crippen LogP contribution < -0.4 is 5.73 Å². The van der Waals surface area contributed by atoms with E-state index in [1.54, 1.807) is 0 Å². The van der Waals surface area contributed by atoms with E-state index in [1.165, 1.54) is 6.42 Å². The van der Waals surface area contributed by atoms with Gasteiger partial charge >= 0.3 is 0 Å². The van der Waals surface area contributed by atoms with Crippen molar-refractivity contribution in [1.82, 2.24) is 0 Å². The van der Waals surface area contributed by atoms with Crippen LogP contribution in [0.2, 0.25) is 0 Å². The summed E-state index contributed by atoms with van der Waals surface area (Å²) in [5.41, 5.74) is 5.53. The van der Waals surface area contributed by atoms with Crippen molar-refractivity contribution >= 4 is 0 Å². The second-order valence-electron chi connectivity index (χ2n) is 4.23. The molecule has 1 fully saturated rings. The summed E-state index contributed by atoms with van der Waals surface area (Å²) in [6.07, 6.45) is 4.93. The lowest BCUT2D eigenvalue weighted by Gasteiger charge is -2.12. The molecule has 0 saturated carbocycles. The summed E-state index contributed by atoms with van der Waals surface area (Å²) in [4.78, 5) is 0. The van der Waals surface area contributed by atoms with Gasteiger partial charge in [0.25, 0.3) is 0 Å². The van der Waals surface area contributed by atoms with Gasteiger partial charge in [0.15, 0.2) is 0 Å². The second-order valence-corrected chi connectivity index (χ2v) is 4.23. The normalized spacial score (nSPS) is 25.1. The van der Waals surface area contributed by atoms with E-state index >= 15 is 0 Å². The number of unbranched alkanes of at least 4 members (excludes halogenated alkanes) is 1. The van der Waals surface area contributed by atoms with Gasteiger partial charge in [-0.05, 0) is 19.3 Å². The maximum absolute atomic E-state index is 5.66. The fourth-order valence-corrected chi connectivity index (χ4v) is 1.76. The third-order valence-electron chi connectivity index (χ3n) is 2.78. The van der Waals surface area contributed by atoms with E-state index in [1.807, 2.05) is 0 Å². The van der Waals surface area contributed by atoms with Crippen molar-refractivity contribution in [2.45, 2.75) is 44.8 Å². The quantitative estimate of drug-likeness (QED) is 0.608. The zero-order valence-corrected chi connectivity index (χ0v) is 10.3. The Bertz CT molecular complexity index is 166. The average Bonchev–Trinajstić information content (AvgIpc) is 2.76. The number of hydrogen-bond donors (Lipinski definition) is 1. The predicted octanol–water partition coefficient (Wildman–Crippen LogP) is 1.33. The molecular weight excluding hydrogens is 206 g/mol. The van der Waals surface area contributed by atoms with E-state index in [9.17, 15) is 0 Å². The molecule has 16 heavy (non-hydrogen) atoms. The first-order valence-corrected chi connectivity index (χ1v) is 6.37. The summed E-state index contributed by atoms with van der Waals surface area (Å²) in [6.45, 7) is 5.65. The van der Waals surface area contributed by atoms with Crippen LogP contribution in [-0.4, -0.2) is 45.2 Å². The van der Waals surface area contributed by atoms with Crippen LogP contribution in [-0.2, 0) is 14.2 Å². The van der Waals surface area contributed by atoms with Gasteiger partial charge in [0.05, 0.1) is 32.0 Å². The van der Waals surface area contributed by atoms with E-state index in [2.05, 4.69) is 6.92 Å². The van der Waals surface area contributed by atoms with Crippen molar-refractivity contribution in [3.05, 3.63) is 0 Å². The molecule has 4 heteroatoms. The zero-order chi connectivity index (χ0) is 11.6. The van der Waals surface area contributed by atoms with E-state index in [4.69, 9.17) is 19.9 Å². The van der Waals surface area contributed by atoms with Gasteiger partial charge in [0.1, 0.15) is 0 Å². The number of rotatable bonds is 9. The van der Waals surface area contributed by atoms with Crippen LogP contribution in [0.25, 0.3) is 0 Å². The van der Waals surface area contributed by atoms with Crippen molar-refractivity contribution in [3.63, 3.8) is 0 Å². The van der Waals surface area contributed by atoms with Gasteiger partial charge in [-0.2, -0.15) is 0 Å².